The van der Waals surface area contributed by atoms with E-state index in [1.54, 1.807) is 12.4 Å². The number of carbonyl (C=O) groups is 1. The number of carbonyl (C=O) groups excluding carboxylic acids is 1. The zero-order valence-electron chi connectivity index (χ0n) is 10.6. The highest BCUT2D eigenvalue weighted by atomic mass is 127. The summed E-state index contributed by atoms with van der Waals surface area (Å²) in [4.78, 5) is 16.9. The molecule has 0 aliphatic heterocycles. The number of hydrogen-bond acceptors (Lipinski definition) is 4. The van der Waals surface area contributed by atoms with Crippen LogP contribution in [0.4, 0.5) is 11.4 Å². The number of amides is 1. The van der Waals surface area contributed by atoms with Crippen molar-refractivity contribution in [3.05, 3.63) is 41.3 Å². The summed E-state index contributed by atoms with van der Waals surface area (Å²) in [5.41, 5.74) is 7.26. The van der Waals surface area contributed by atoms with E-state index < -0.39 is 0 Å². The van der Waals surface area contributed by atoms with E-state index in [2.05, 4.69) is 78.1 Å². The number of nitrogens with one attached hydrogen (secondary N) is 1. The van der Waals surface area contributed by atoms with Gasteiger partial charge in [-0.2, -0.15) is 0 Å². The Hall–Kier alpha value is 0.180. The van der Waals surface area contributed by atoms with Crippen LogP contribution >= 0.6 is 79.5 Å². The van der Waals surface area contributed by atoms with Gasteiger partial charge in [-0.1, -0.05) is 0 Å². The van der Waals surface area contributed by atoms with E-state index in [1.165, 1.54) is 11.8 Å². The molecule has 0 fully saturated rings. The summed E-state index contributed by atoms with van der Waals surface area (Å²) in [6, 6.07) is 5.88. The van der Waals surface area contributed by atoms with E-state index in [-0.39, 0.29) is 5.91 Å². The molecule has 0 bridgehead atoms. The van der Waals surface area contributed by atoms with Crippen LogP contribution in [0.25, 0.3) is 0 Å². The Morgan fingerprint density at radius 1 is 1.29 bits per heavy atom. The van der Waals surface area contributed by atoms with Crippen LogP contribution in [0.3, 0.4) is 0 Å². The van der Waals surface area contributed by atoms with Gasteiger partial charge in [-0.3, -0.25) is 9.78 Å². The molecule has 2 rings (SSSR count). The fourth-order valence-electron chi connectivity index (χ4n) is 1.51. The fraction of sp³-hybridized carbons (Fsp3) is 0.0769. The van der Waals surface area contributed by atoms with Crippen molar-refractivity contribution in [1.29, 1.82) is 0 Å². The van der Waals surface area contributed by atoms with Crippen LogP contribution < -0.4 is 11.1 Å². The van der Waals surface area contributed by atoms with Crippen LogP contribution in [0, 0.1) is 10.7 Å². The number of aromatic nitrogens is 1. The van der Waals surface area contributed by atoms with Gasteiger partial charge in [0.05, 0.1) is 23.3 Å². The van der Waals surface area contributed by atoms with Gasteiger partial charge in [0.15, 0.2) is 0 Å². The van der Waals surface area contributed by atoms with Crippen LogP contribution in [0.15, 0.2) is 35.5 Å². The predicted molar refractivity (Wildman–Crippen MR) is 113 cm³/mol. The average Bonchev–Trinajstić information content (AvgIpc) is 2.42. The highest BCUT2D eigenvalue weighted by Gasteiger charge is 2.11. The van der Waals surface area contributed by atoms with Crippen LogP contribution in [0.1, 0.15) is 0 Å². The van der Waals surface area contributed by atoms with E-state index in [1.807, 2.05) is 18.2 Å². The molecule has 0 atom stereocenters. The molecule has 1 aromatic carbocycles. The maximum Gasteiger partial charge on any atom is 0.234 e. The molecule has 1 aromatic heterocycles. The number of nitrogens with zero attached hydrogens (tertiary/aromatic N) is 1. The Balaban J connectivity index is 2.01. The zero-order chi connectivity index (χ0) is 15.4. The molecule has 4 nitrogen and oxygen atoms in total. The minimum atomic E-state index is -0.0479. The highest BCUT2D eigenvalue weighted by Crippen LogP contribution is 2.28. The summed E-state index contributed by atoms with van der Waals surface area (Å²) >= 11 is 8.13. The molecule has 0 unspecified atom stereocenters. The summed E-state index contributed by atoms with van der Waals surface area (Å²) in [6.07, 6.45) is 3.26. The number of thioether (sulfide) groups is 1. The summed E-state index contributed by atoms with van der Waals surface area (Å²) in [5.74, 6) is 0.264. The average molecular weight is 637 g/mol. The van der Waals surface area contributed by atoms with E-state index in [4.69, 9.17) is 5.73 Å². The molecule has 0 saturated heterocycles. The maximum atomic E-state index is 12.1. The van der Waals surface area contributed by atoms with Crippen molar-refractivity contribution in [1.82, 2.24) is 4.98 Å². The lowest BCUT2D eigenvalue weighted by atomic mass is 10.3. The number of halogens is 3. The molecule has 0 aliphatic carbocycles. The molecule has 110 valence electrons. The molecule has 2 aromatic rings. The molecule has 8 heteroatoms. The third kappa shape index (κ3) is 5.10. The molecular formula is C13H10I3N3OS. The molecule has 1 heterocycles. The number of anilines is 2. The molecule has 21 heavy (non-hydrogen) atoms. The number of benzene rings is 1. The van der Waals surface area contributed by atoms with Crippen molar-refractivity contribution >= 4 is 96.8 Å². The van der Waals surface area contributed by atoms with Crippen LogP contribution in [-0.4, -0.2) is 16.6 Å². The van der Waals surface area contributed by atoms with Crippen molar-refractivity contribution in [3.8, 4) is 0 Å². The normalized spacial score (nSPS) is 10.4. The van der Waals surface area contributed by atoms with Crippen LogP contribution in [-0.2, 0) is 4.79 Å². The SMILES string of the molecule is Nc1cnccc1SCC(=O)Nc1c(I)cc(I)cc1I. The third-order valence-corrected chi connectivity index (χ3v) is 5.85. The number of rotatable bonds is 4. The lowest BCUT2D eigenvalue weighted by molar-refractivity contribution is -0.113. The van der Waals surface area contributed by atoms with Crippen molar-refractivity contribution < 1.29 is 4.79 Å². The maximum absolute atomic E-state index is 12.1. The lowest BCUT2D eigenvalue weighted by Gasteiger charge is -2.10. The fourth-order valence-corrected chi connectivity index (χ4v) is 6.09. The van der Waals surface area contributed by atoms with E-state index in [0.29, 0.717) is 11.4 Å². The van der Waals surface area contributed by atoms with Crippen molar-refractivity contribution in [3.63, 3.8) is 0 Å². The standard InChI is InChI=1S/C13H10I3N3OS/c14-7-3-8(15)13(9(16)4-7)19-12(20)6-21-11-1-2-18-5-10(11)17/h1-5H,6,17H2,(H,19,20). The molecular weight excluding hydrogens is 627 g/mol. The van der Waals surface area contributed by atoms with Crippen molar-refractivity contribution in [2.24, 2.45) is 0 Å². The second-order valence-corrected chi connectivity index (χ2v) is 8.58. The Morgan fingerprint density at radius 2 is 1.95 bits per heavy atom. The van der Waals surface area contributed by atoms with Gasteiger partial charge in [-0.05, 0) is 86.0 Å². The predicted octanol–water partition coefficient (Wildman–Crippen LogP) is 4.21. The quantitative estimate of drug-likeness (QED) is 0.390. The Labute approximate surface area is 167 Å². The Bertz CT molecular complexity index is 658. The van der Waals surface area contributed by atoms with E-state index in [9.17, 15) is 4.79 Å². The summed E-state index contributed by atoms with van der Waals surface area (Å²) in [5, 5.41) is 2.96. The zero-order valence-corrected chi connectivity index (χ0v) is 17.9. The third-order valence-electron chi connectivity index (χ3n) is 2.44. The smallest absolute Gasteiger partial charge is 0.234 e. The second kappa shape index (κ2) is 8.15. The van der Waals surface area contributed by atoms with Gasteiger partial charge >= 0.3 is 0 Å². The number of pyridine rings is 1. The van der Waals surface area contributed by atoms with Gasteiger partial charge in [-0.15, -0.1) is 11.8 Å². The topological polar surface area (TPSA) is 68.0 Å². The van der Waals surface area contributed by atoms with Crippen LogP contribution in [0.2, 0.25) is 0 Å². The first kappa shape index (κ1) is 17.5. The number of hydrogen-bond donors (Lipinski definition) is 2. The second-order valence-electron chi connectivity index (χ2n) is 3.99. The highest BCUT2D eigenvalue weighted by molar-refractivity contribution is 14.1. The van der Waals surface area contributed by atoms with Crippen LogP contribution in [0.5, 0.6) is 0 Å². The first-order valence-corrected chi connectivity index (χ1v) is 9.96. The van der Waals surface area contributed by atoms with Crippen molar-refractivity contribution in [2.75, 3.05) is 16.8 Å². The minimum Gasteiger partial charge on any atom is -0.397 e. The van der Waals surface area contributed by atoms with E-state index in [0.717, 1.165) is 21.3 Å². The molecule has 1 amide bonds. The molecule has 0 spiro atoms. The van der Waals surface area contributed by atoms with Crippen molar-refractivity contribution in [2.45, 2.75) is 4.90 Å². The lowest BCUT2D eigenvalue weighted by Crippen LogP contribution is -2.16. The monoisotopic (exact) mass is 637 g/mol. The van der Waals surface area contributed by atoms with E-state index >= 15 is 0 Å². The summed E-state index contributed by atoms with van der Waals surface area (Å²) in [7, 11) is 0. The minimum absolute atomic E-state index is 0.0479. The van der Waals surface area contributed by atoms with Gasteiger partial charge in [0, 0.05) is 21.8 Å². The van der Waals surface area contributed by atoms with Gasteiger partial charge in [0.25, 0.3) is 0 Å². The number of nitrogen functional groups attached to an aromatic ring is 1. The number of nitrogens with two attached hydrogens (primary N) is 1. The molecule has 3 N–H and O–H groups in total. The summed E-state index contributed by atoms with van der Waals surface area (Å²) < 4.78 is 3.22. The van der Waals surface area contributed by atoms with Gasteiger partial charge in [0.2, 0.25) is 5.91 Å². The van der Waals surface area contributed by atoms with Gasteiger partial charge in [0.1, 0.15) is 0 Å². The molecule has 0 aliphatic rings. The molecule has 0 radical (unpaired) electrons. The largest absolute Gasteiger partial charge is 0.397 e. The van der Waals surface area contributed by atoms with Gasteiger partial charge < -0.3 is 11.1 Å². The van der Waals surface area contributed by atoms with Gasteiger partial charge in [-0.25, -0.2) is 0 Å². The Morgan fingerprint density at radius 3 is 2.57 bits per heavy atom. The molecule has 0 saturated carbocycles. The Kier molecular flexibility index (Phi) is 6.80. The first-order chi connectivity index (χ1) is 9.97. The first-order valence-electron chi connectivity index (χ1n) is 5.74. The summed E-state index contributed by atoms with van der Waals surface area (Å²) in [6.45, 7) is 0.